The van der Waals surface area contributed by atoms with Crippen molar-refractivity contribution < 1.29 is 8.42 Å². The van der Waals surface area contributed by atoms with E-state index in [-0.39, 0.29) is 0 Å². The number of anilines is 1. The molecular weight excluding hydrogens is 310 g/mol. The van der Waals surface area contributed by atoms with E-state index in [2.05, 4.69) is 22.2 Å². The molecule has 2 aromatic rings. The zero-order valence-corrected chi connectivity index (χ0v) is 14.4. The number of aromatic nitrogens is 2. The molecule has 126 valence electrons. The van der Waals surface area contributed by atoms with Crippen molar-refractivity contribution in [2.24, 2.45) is 0 Å². The van der Waals surface area contributed by atoms with Gasteiger partial charge in [0, 0.05) is 6.54 Å². The standard InChI is InChI=1S/C17H25N3O2S/c1-2-3-4-5-6-7-12-18-17-19-13-16(20-17)14-8-10-15(11-9-14)23(21)22/h8-11,13,23H,2-7,12H2,1H3,(H2,18,19,20). The summed E-state index contributed by atoms with van der Waals surface area (Å²) >= 11 is 0. The normalized spacial score (nSPS) is 11.0. The first-order valence-corrected chi connectivity index (χ1v) is 9.42. The molecule has 0 saturated carbocycles. The van der Waals surface area contributed by atoms with E-state index in [1.165, 1.54) is 32.1 Å². The average molecular weight is 335 g/mol. The van der Waals surface area contributed by atoms with Crippen molar-refractivity contribution in [1.82, 2.24) is 9.97 Å². The Balaban J connectivity index is 1.79. The molecule has 0 radical (unpaired) electrons. The van der Waals surface area contributed by atoms with Crippen LogP contribution in [0.25, 0.3) is 11.3 Å². The first kappa shape index (κ1) is 17.5. The van der Waals surface area contributed by atoms with Crippen LogP contribution in [0.1, 0.15) is 45.4 Å². The molecule has 0 saturated heterocycles. The van der Waals surface area contributed by atoms with Crippen LogP contribution < -0.4 is 5.32 Å². The molecular formula is C17H25N3O2S. The summed E-state index contributed by atoms with van der Waals surface area (Å²) in [6, 6.07) is 6.77. The minimum absolute atomic E-state index is 0.324. The Labute approximate surface area is 139 Å². The third-order valence-corrected chi connectivity index (χ3v) is 4.51. The fraction of sp³-hybridized carbons (Fsp3) is 0.471. The number of rotatable bonds is 10. The van der Waals surface area contributed by atoms with Crippen LogP contribution in [0, 0.1) is 0 Å². The lowest BCUT2D eigenvalue weighted by Gasteiger charge is -2.03. The van der Waals surface area contributed by atoms with E-state index >= 15 is 0 Å². The maximum absolute atomic E-state index is 10.9. The first-order valence-electron chi connectivity index (χ1n) is 8.24. The largest absolute Gasteiger partial charge is 0.356 e. The Bertz CT molecular complexity index is 655. The van der Waals surface area contributed by atoms with Gasteiger partial charge in [-0.25, -0.2) is 13.4 Å². The fourth-order valence-corrected chi connectivity index (χ4v) is 2.83. The van der Waals surface area contributed by atoms with E-state index in [4.69, 9.17) is 0 Å². The summed E-state index contributed by atoms with van der Waals surface area (Å²) in [6.07, 6.45) is 9.38. The number of hydrogen-bond acceptors (Lipinski definition) is 4. The Morgan fingerprint density at radius 3 is 2.43 bits per heavy atom. The molecule has 2 N–H and O–H groups in total. The van der Waals surface area contributed by atoms with E-state index in [0.29, 0.717) is 4.90 Å². The lowest BCUT2D eigenvalue weighted by molar-refractivity contribution is 0.614. The van der Waals surface area contributed by atoms with Gasteiger partial charge in [0.2, 0.25) is 5.95 Å². The monoisotopic (exact) mass is 335 g/mol. The van der Waals surface area contributed by atoms with E-state index in [1.807, 2.05) is 0 Å². The second-order valence-corrected chi connectivity index (χ2v) is 6.67. The van der Waals surface area contributed by atoms with Gasteiger partial charge in [-0.2, -0.15) is 0 Å². The van der Waals surface area contributed by atoms with Gasteiger partial charge in [-0.1, -0.05) is 51.2 Å². The van der Waals surface area contributed by atoms with Gasteiger partial charge in [0.05, 0.1) is 16.8 Å². The third-order valence-electron chi connectivity index (χ3n) is 3.79. The van der Waals surface area contributed by atoms with Crippen LogP contribution in [-0.2, 0) is 10.7 Å². The van der Waals surface area contributed by atoms with Gasteiger partial charge >= 0.3 is 0 Å². The summed E-state index contributed by atoms with van der Waals surface area (Å²) in [4.78, 5) is 7.85. The molecule has 0 unspecified atom stereocenters. The summed E-state index contributed by atoms with van der Waals surface area (Å²) in [7, 11) is -2.53. The molecule has 1 heterocycles. The SMILES string of the molecule is CCCCCCCCNc1ncc(-c2ccc([SH](=O)=O)cc2)[nH]1. The first-order chi connectivity index (χ1) is 11.2. The van der Waals surface area contributed by atoms with Gasteiger partial charge < -0.3 is 10.3 Å². The number of benzene rings is 1. The maximum Gasteiger partial charge on any atom is 0.200 e. The molecule has 0 spiro atoms. The number of imidazole rings is 1. The van der Waals surface area contributed by atoms with Gasteiger partial charge in [-0.15, -0.1) is 0 Å². The van der Waals surface area contributed by atoms with E-state index < -0.39 is 10.7 Å². The number of H-pyrrole nitrogens is 1. The summed E-state index contributed by atoms with van der Waals surface area (Å²) in [5, 5.41) is 3.29. The highest BCUT2D eigenvalue weighted by atomic mass is 32.2. The van der Waals surface area contributed by atoms with E-state index in [9.17, 15) is 8.42 Å². The van der Waals surface area contributed by atoms with Gasteiger partial charge in [-0.3, -0.25) is 0 Å². The maximum atomic E-state index is 10.9. The highest BCUT2D eigenvalue weighted by molar-refractivity contribution is 7.72. The van der Waals surface area contributed by atoms with Crippen LogP contribution in [0.2, 0.25) is 0 Å². The summed E-state index contributed by atoms with van der Waals surface area (Å²) in [5.74, 6) is 0.757. The molecule has 5 nitrogen and oxygen atoms in total. The van der Waals surface area contributed by atoms with Crippen LogP contribution in [0.3, 0.4) is 0 Å². The smallest absolute Gasteiger partial charge is 0.200 e. The molecule has 0 aliphatic rings. The van der Waals surface area contributed by atoms with Crippen LogP contribution in [0.4, 0.5) is 5.95 Å². The second kappa shape index (κ2) is 9.35. The zero-order chi connectivity index (χ0) is 16.5. The number of thiol groups is 1. The fourth-order valence-electron chi connectivity index (χ4n) is 2.43. The lowest BCUT2D eigenvalue weighted by Crippen LogP contribution is -2.02. The molecule has 0 fully saturated rings. The number of unbranched alkanes of at least 4 members (excludes halogenated alkanes) is 5. The highest BCUT2D eigenvalue weighted by Crippen LogP contribution is 2.19. The minimum Gasteiger partial charge on any atom is -0.356 e. The van der Waals surface area contributed by atoms with Gasteiger partial charge in [0.15, 0.2) is 10.7 Å². The van der Waals surface area contributed by atoms with Gasteiger partial charge in [0.25, 0.3) is 0 Å². The molecule has 1 aromatic heterocycles. The average Bonchev–Trinajstić information content (AvgIpc) is 3.03. The topological polar surface area (TPSA) is 74.8 Å². The van der Waals surface area contributed by atoms with Gasteiger partial charge in [-0.05, 0) is 24.1 Å². The molecule has 0 bridgehead atoms. The van der Waals surface area contributed by atoms with Crippen molar-refractivity contribution in [2.45, 2.75) is 50.3 Å². The third kappa shape index (κ3) is 5.71. The Morgan fingerprint density at radius 1 is 1.04 bits per heavy atom. The van der Waals surface area contributed by atoms with E-state index in [0.717, 1.165) is 30.2 Å². The number of aromatic amines is 1. The van der Waals surface area contributed by atoms with Crippen molar-refractivity contribution in [3.05, 3.63) is 30.5 Å². The van der Waals surface area contributed by atoms with Gasteiger partial charge in [0.1, 0.15) is 0 Å². The predicted octanol–water partition coefficient (Wildman–Crippen LogP) is 3.82. The number of nitrogens with one attached hydrogen (secondary N) is 2. The molecule has 2 rings (SSSR count). The predicted molar refractivity (Wildman–Crippen MR) is 94.5 cm³/mol. The van der Waals surface area contributed by atoms with Crippen molar-refractivity contribution in [2.75, 3.05) is 11.9 Å². The Kier molecular flexibility index (Phi) is 7.13. The van der Waals surface area contributed by atoms with Crippen LogP contribution in [0.15, 0.2) is 35.4 Å². The van der Waals surface area contributed by atoms with Crippen LogP contribution in [0.5, 0.6) is 0 Å². The molecule has 23 heavy (non-hydrogen) atoms. The molecule has 6 heteroatoms. The zero-order valence-electron chi connectivity index (χ0n) is 13.5. The Morgan fingerprint density at radius 2 is 1.74 bits per heavy atom. The Hall–Kier alpha value is -1.82. The summed E-state index contributed by atoms with van der Waals surface area (Å²) < 4.78 is 21.8. The number of hydrogen-bond donors (Lipinski definition) is 3. The molecule has 0 atom stereocenters. The quantitative estimate of drug-likeness (QED) is 0.456. The van der Waals surface area contributed by atoms with Crippen LogP contribution >= 0.6 is 0 Å². The lowest BCUT2D eigenvalue weighted by atomic mass is 10.1. The second-order valence-electron chi connectivity index (χ2n) is 5.64. The van der Waals surface area contributed by atoms with E-state index in [1.54, 1.807) is 30.5 Å². The molecule has 1 aromatic carbocycles. The van der Waals surface area contributed by atoms with Crippen molar-refractivity contribution in [3.8, 4) is 11.3 Å². The van der Waals surface area contributed by atoms with Crippen molar-refractivity contribution in [1.29, 1.82) is 0 Å². The number of nitrogens with zero attached hydrogens (tertiary/aromatic N) is 1. The summed E-state index contributed by atoms with van der Waals surface area (Å²) in [6.45, 7) is 3.14. The highest BCUT2D eigenvalue weighted by Gasteiger charge is 2.03. The molecule has 0 amide bonds. The summed E-state index contributed by atoms with van der Waals surface area (Å²) in [5.41, 5.74) is 1.80. The van der Waals surface area contributed by atoms with Crippen LogP contribution in [-0.4, -0.2) is 24.9 Å². The molecule has 0 aliphatic heterocycles. The van der Waals surface area contributed by atoms with Crippen molar-refractivity contribution >= 4 is 16.7 Å². The van der Waals surface area contributed by atoms with Crippen molar-refractivity contribution in [3.63, 3.8) is 0 Å². The molecule has 0 aliphatic carbocycles. The minimum atomic E-state index is -2.53.